The van der Waals surface area contributed by atoms with Crippen LogP contribution in [0.25, 0.3) is 0 Å². The average Bonchev–Trinajstić information content (AvgIpc) is 2.55. The molecule has 2 aromatic rings. The Balaban J connectivity index is 1.92. The Kier molecular flexibility index (Phi) is 5.27. The first kappa shape index (κ1) is 15.7. The van der Waals surface area contributed by atoms with Gasteiger partial charge in [-0.3, -0.25) is 9.59 Å². The molecule has 0 radical (unpaired) electrons. The fourth-order valence-corrected chi connectivity index (χ4v) is 2.00. The van der Waals surface area contributed by atoms with Gasteiger partial charge in [0.2, 0.25) is 0 Å². The van der Waals surface area contributed by atoms with Crippen molar-refractivity contribution < 1.29 is 19.4 Å². The molecular weight excluding hydrogens is 282 g/mol. The predicted molar refractivity (Wildman–Crippen MR) is 81.4 cm³/mol. The maximum absolute atomic E-state index is 11.9. The van der Waals surface area contributed by atoms with Gasteiger partial charge in [0.1, 0.15) is 18.4 Å². The normalized spacial score (nSPS) is 11.7. The van der Waals surface area contributed by atoms with Crippen molar-refractivity contribution in [2.24, 2.45) is 5.73 Å². The zero-order chi connectivity index (χ0) is 15.9. The van der Waals surface area contributed by atoms with Crippen molar-refractivity contribution in [3.63, 3.8) is 0 Å². The number of hydrogen-bond acceptors (Lipinski definition) is 5. The zero-order valence-corrected chi connectivity index (χ0v) is 11.9. The molecule has 1 atom stereocenters. The summed E-state index contributed by atoms with van der Waals surface area (Å²) in [5.74, 6) is -0.608. The second-order valence-electron chi connectivity index (χ2n) is 4.91. The summed E-state index contributed by atoms with van der Waals surface area (Å²) in [7, 11) is 0. The number of nitrogens with two attached hydrogens (primary N) is 1. The lowest BCUT2D eigenvalue weighted by Crippen LogP contribution is -2.34. The summed E-state index contributed by atoms with van der Waals surface area (Å²) in [5, 5.41) is 9.43. The first-order valence-electron chi connectivity index (χ1n) is 6.83. The molecule has 0 bridgehead atoms. The first-order chi connectivity index (χ1) is 10.6. The molecule has 3 N–H and O–H groups in total. The van der Waals surface area contributed by atoms with Crippen LogP contribution in [0.3, 0.4) is 0 Å². The second kappa shape index (κ2) is 7.38. The predicted octanol–water partition coefficient (Wildman–Crippen LogP) is 1.82. The summed E-state index contributed by atoms with van der Waals surface area (Å²) in [6, 6.07) is 13.0. The van der Waals surface area contributed by atoms with Crippen LogP contribution < -0.4 is 5.73 Å². The quantitative estimate of drug-likeness (QED) is 0.627. The Morgan fingerprint density at radius 2 is 1.91 bits per heavy atom. The highest BCUT2D eigenvalue weighted by molar-refractivity contribution is 5.80. The van der Waals surface area contributed by atoms with E-state index in [1.54, 1.807) is 6.07 Å². The highest BCUT2D eigenvalue weighted by atomic mass is 16.5. The van der Waals surface area contributed by atoms with E-state index in [4.69, 9.17) is 10.5 Å². The number of benzene rings is 2. The molecular formula is C17H17NO4. The van der Waals surface area contributed by atoms with E-state index in [2.05, 4.69) is 0 Å². The SMILES string of the molecule is N[C@@H](Cc1ccc(O)c(C=O)c1)C(=O)OCc1ccccc1. The van der Waals surface area contributed by atoms with E-state index in [0.29, 0.717) is 11.8 Å². The van der Waals surface area contributed by atoms with Crippen molar-refractivity contribution in [1.82, 2.24) is 0 Å². The van der Waals surface area contributed by atoms with Crippen molar-refractivity contribution in [2.75, 3.05) is 0 Å². The molecule has 22 heavy (non-hydrogen) atoms. The summed E-state index contributed by atoms with van der Waals surface area (Å²) in [5.41, 5.74) is 7.56. The van der Waals surface area contributed by atoms with E-state index >= 15 is 0 Å². The molecule has 5 nitrogen and oxygen atoms in total. The maximum atomic E-state index is 11.9. The topological polar surface area (TPSA) is 89.6 Å². The number of phenols is 1. The standard InChI is InChI=1S/C17H17NO4/c18-15(9-13-6-7-16(20)14(8-13)10-19)17(21)22-11-12-4-2-1-3-5-12/h1-8,10,15,20H,9,11,18H2/t15-/m0/s1. The smallest absolute Gasteiger partial charge is 0.323 e. The van der Waals surface area contributed by atoms with Gasteiger partial charge in [-0.1, -0.05) is 36.4 Å². The lowest BCUT2D eigenvalue weighted by atomic mass is 10.0. The third kappa shape index (κ3) is 4.17. The lowest BCUT2D eigenvalue weighted by Gasteiger charge is -2.12. The molecule has 114 valence electrons. The summed E-state index contributed by atoms with van der Waals surface area (Å²) < 4.78 is 5.16. The summed E-state index contributed by atoms with van der Waals surface area (Å²) >= 11 is 0. The van der Waals surface area contributed by atoms with Crippen LogP contribution in [0.15, 0.2) is 48.5 Å². The highest BCUT2D eigenvalue weighted by Crippen LogP contribution is 2.17. The molecule has 5 heteroatoms. The molecule has 0 aliphatic heterocycles. The Morgan fingerprint density at radius 3 is 2.59 bits per heavy atom. The third-order valence-electron chi connectivity index (χ3n) is 3.20. The highest BCUT2D eigenvalue weighted by Gasteiger charge is 2.16. The van der Waals surface area contributed by atoms with Crippen LogP contribution in [0, 0.1) is 0 Å². The number of ether oxygens (including phenoxy) is 1. The van der Waals surface area contributed by atoms with Crippen LogP contribution in [0.1, 0.15) is 21.5 Å². The van der Waals surface area contributed by atoms with Crippen molar-refractivity contribution in [2.45, 2.75) is 19.1 Å². The molecule has 2 aromatic carbocycles. The Morgan fingerprint density at radius 1 is 1.18 bits per heavy atom. The lowest BCUT2D eigenvalue weighted by molar-refractivity contribution is -0.146. The van der Waals surface area contributed by atoms with Crippen LogP contribution in [0.2, 0.25) is 0 Å². The van der Waals surface area contributed by atoms with E-state index in [0.717, 1.165) is 5.56 Å². The minimum atomic E-state index is -0.826. The largest absolute Gasteiger partial charge is 0.507 e. The number of aldehydes is 1. The van der Waals surface area contributed by atoms with Crippen LogP contribution >= 0.6 is 0 Å². The fourth-order valence-electron chi connectivity index (χ4n) is 2.00. The van der Waals surface area contributed by atoms with Crippen LogP contribution in [0.5, 0.6) is 5.75 Å². The number of hydrogen-bond donors (Lipinski definition) is 2. The number of esters is 1. The molecule has 0 heterocycles. The minimum absolute atomic E-state index is 0.0982. The van der Waals surface area contributed by atoms with E-state index in [1.807, 2.05) is 30.3 Å². The molecule has 0 saturated carbocycles. The number of rotatable bonds is 6. The molecule has 0 amide bonds. The summed E-state index contributed by atoms with van der Waals surface area (Å²) in [6.07, 6.45) is 0.785. The molecule has 0 aliphatic carbocycles. The van der Waals surface area contributed by atoms with Gasteiger partial charge in [-0.25, -0.2) is 0 Å². The van der Waals surface area contributed by atoms with Gasteiger partial charge in [0, 0.05) is 0 Å². The third-order valence-corrected chi connectivity index (χ3v) is 3.20. The minimum Gasteiger partial charge on any atom is -0.507 e. The van der Waals surface area contributed by atoms with Gasteiger partial charge >= 0.3 is 5.97 Å². The molecule has 2 rings (SSSR count). The van der Waals surface area contributed by atoms with Crippen molar-refractivity contribution >= 4 is 12.3 Å². The molecule has 0 unspecified atom stereocenters. The van der Waals surface area contributed by atoms with Crippen molar-refractivity contribution in [3.8, 4) is 5.75 Å². The number of phenolic OH excluding ortho intramolecular Hbond substituents is 1. The Labute approximate surface area is 128 Å². The van der Waals surface area contributed by atoms with Gasteiger partial charge in [-0.15, -0.1) is 0 Å². The molecule has 0 aliphatic rings. The van der Waals surface area contributed by atoms with Gasteiger partial charge in [0.15, 0.2) is 6.29 Å². The molecule has 0 spiro atoms. The summed E-state index contributed by atoms with van der Waals surface area (Å²) in [4.78, 5) is 22.7. The van der Waals surface area contributed by atoms with E-state index in [1.165, 1.54) is 12.1 Å². The van der Waals surface area contributed by atoms with Crippen molar-refractivity contribution in [1.29, 1.82) is 0 Å². The monoisotopic (exact) mass is 299 g/mol. The fraction of sp³-hybridized carbons (Fsp3) is 0.176. The Hall–Kier alpha value is -2.66. The van der Waals surface area contributed by atoms with Gasteiger partial charge in [-0.05, 0) is 29.7 Å². The average molecular weight is 299 g/mol. The summed E-state index contributed by atoms with van der Waals surface area (Å²) in [6.45, 7) is 0.169. The first-order valence-corrected chi connectivity index (χ1v) is 6.83. The number of carbonyl (C=O) groups excluding carboxylic acids is 2. The number of aromatic hydroxyl groups is 1. The second-order valence-corrected chi connectivity index (χ2v) is 4.91. The molecule has 0 aromatic heterocycles. The van der Waals surface area contributed by atoms with E-state index in [9.17, 15) is 14.7 Å². The van der Waals surface area contributed by atoms with E-state index < -0.39 is 12.0 Å². The zero-order valence-electron chi connectivity index (χ0n) is 11.9. The van der Waals surface area contributed by atoms with Crippen LogP contribution in [0.4, 0.5) is 0 Å². The molecule has 0 fully saturated rings. The number of carbonyl (C=O) groups is 2. The van der Waals surface area contributed by atoms with Crippen LogP contribution in [-0.4, -0.2) is 23.4 Å². The Bertz CT molecular complexity index is 655. The maximum Gasteiger partial charge on any atom is 0.323 e. The molecule has 0 saturated heterocycles. The van der Waals surface area contributed by atoms with Crippen molar-refractivity contribution in [3.05, 3.63) is 65.2 Å². The van der Waals surface area contributed by atoms with E-state index in [-0.39, 0.29) is 24.3 Å². The van der Waals surface area contributed by atoms with Crippen LogP contribution in [-0.2, 0) is 22.6 Å². The van der Waals surface area contributed by atoms with Gasteiger partial charge < -0.3 is 15.6 Å². The van der Waals surface area contributed by atoms with Gasteiger partial charge in [-0.2, -0.15) is 0 Å². The van der Waals surface area contributed by atoms with Gasteiger partial charge in [0.25, 0.3) is 0 Å². The van der Waals surface area contributed by atoms with Gasteiger partial charge in [0.05, 0.1) is 5.56 Å².